The van der Waals surface area contributed by atoms with Crippen LogP contribution in [0.2, 0.25) is 0 Å². The van der Waals surface area contributed by atoms with Crippen LogP contribution in [0.3, 0.4) is 0 Å². The molecule has 1 unspecified atom stereocenters. The van der Waals surface area contributed by atoms with Crippen molar-refractivity contribution in [2.45, 2.75) is 12.8 Å². The average Bonchev–Trinajstić information content (AvgIpc) is 2.77. The lowest BCUT2D eigenvalue weighted by Crippen LogP contribution is -2.11. The number of rotatable bonds is 6. The van der Waals surface area contributed by atoms with Gasteiger partial charge in [-0.3, -0.25) is 14.6 Å². The third kappa shape index (κ3) is 4.60. The first-order valence-electron chi connectivity index (χ1n) is 9.24. The average molecular weight is 405 g/mol. The number of allylic oxidation sites excluding steroid dienone is 1. The van der Waals surface area contributed by atoms with Crippen molar-refractivity contribution < 1.29 is 23.8 Å². The van der Waals surface area contributed by atoms with Gasteiger partial charge in [0.1, 0.15) is 11.6 Å². The number of halogens is 1. The SMILES string of the molecule is COC(=O)C(C)c1ccc(-c2ccc(O)c(C(=O)/C=C/c3ccncc3)c2)c(F)c1. The van der Waals surface area contributed by atoms with Crippen LogP contribution in [0.1, 0.15) is 34.3 Å². The number of ether oxygens (including phenoxy) is 1. The van der Waals surface area contributed by atoms with Crippen LogP contribution >= 0.6 is 0 Å². The molecule has 0 bridgehead atoms. The molecule has 0 aliphatic carbocycles. The van der Waals surface area contributed by atoms with Crippen LogP contribution in [0.5, 0.6) is 5.75 Å². The highest BCUT2D eigenvalue weighted by atomic mass is 19.1. The molecule has 1 aromatic heterocycles. The van der Waals surface area contributed by atoms with E-state index in [9.17, 15) is 19.1 Å². The second kappa shape index (κ2) is 9.13. The molecule has 152 valence electrons. The summed E-state index contributed by atoms with van der Waals surface area (Å²) in [5.41, 5.74) is 2.02. The van der Waals surface area contributed by atoms with Crippen molar-refractivity contribution in [2.75, 3.05) is 7.11 Å². The summed E-state index contributed by atoms with van der Waals surface area (Å²) in [5, 5.41) is 10.1. The molecule has 3 aromatic rings. The predicted octanol–water partition coefficient (Wildman–Crippen LogP) is 4.77. The lowest BCUT2D eigenvalue weighted by molar-refractivity contribution is -0.142. The summed E-state index contributed by atoms with van der Waals surface area (Å²) >= 11 is 0. The van der Waals surface area contributed by atoms with Crippen molar-refractivity contribution in [3.05, 3.63) is 89.5 Å². The molecule has 3 rings (SSSR count). The van der Waals surface area contributed by atoms with E-state index in [0.717, 1.165) is 5.56 Å². The van der Waals surface area contributed by atoms with Crippen molar-refractivity contribution in [3.63, 3.8) is 0 Å². The Bertz CT molecular complexity index is 1110. The molecule has 0 saturated heterocycles. The highest BCUT2D eigenvalue weighted by Crippen LogP contribution is 2.30. The molecule has 1 N–H and O–H groups in total. The summed E-state index contributed by atoms with van der Waals surface area (Å²) in [4.78, 5) is 28.1. The molecule has 0 fully saturated rings. The molecule has 5 nitrogen and oxygen atoms in total. The van der Waals surface area contributed by atoms with Crippen molar-refractivity contribution >= 4 is 17.8 Å². The molecule has 1 heterocycles. The first-order chi connectivity index (χ1) is 14.4. The van der Waals surface area contributed by atoms with Gasteiger partial charge in [-0.2, -0.15) is 0 Å². The highest BCUT2D eigenvalue weighted by molar-refractivity contribution is 6.09. The van der Waals surface area contributed by atoms with Gasteiger partial charge in [0, 0.05) is 18.0 Å². The van der Waals surface area contributed by atoms with E-state index in [-0.39, 0.29) is 16.9 Å². The minimum atomic E-state index is -0.603. The number of carbonyl (C=O) groups excluding carboxylic acids is 2. The molecule has 0 radical (unpaired) electrons. The van der Waals surface area contributed by atoms with Gasteiger partial charge in [0.15, 0.2) is 5.78 Å². The highest BCUT2D eigenvalue weighted by Gasteiger charge is 2.18. The molecule has 0 spiro atoms. The van der Waals surface area contributed by atoms with Gasteiger partial charge < -0.3 is 9.84 Å². The number of ketones is 1. The number of carbonyl (C=O) groups is 2. The van der Waals surface area contributed by atoms with Gasteiger partial charge in [-0.25, -0.2) is 4.39 Å². The zero-order valence-electron chi connectivity index (χ0n) is 16.5. The minimum Gasteiger partial charge on any atom is -0.507 e. The van der Waals surface area contributed by atoms with Crippen LogP contribution in [-0.2, 0) is 9.53 Å². The number of methoxy groups -OCH3 is 1. The van der Waals surface area contributed by atoms with E-state index in [4.69, 9.17) is 4.74 Å². The fourth-order valence-corrected chi connectivity index (χ4v) is 2.98. The lowest BCUT2D eigenvalue weighted by atomic mass is 9.95. The number of phenols is 1. The van der Waals surface area contributed by atoms with Gasteiger partial charge in [-0.15, -0.1) is 0 Å². The molecule has 0 saturated carbocycles. The third-order valence-electron chi connectivity index (χ3n) is 4.75. The van der Waals surface area contributed by atoms with Crippen LogP contribution in [0.25, 0.3) is 17.2 Å². The van der Waals surface area contributed by atoms with E-state index in [1.54, 1.807) is 43.6 Å². The lowest BCUT2D eigenvalue weighted by Gasteiger charge is -2.12. The molecule has 2 aromatic carbocycles. The Labute approximate surface area is 173 Å². The molecule has 0 amide bonds. The Hall–Kier alpha value is -3.80. The second-order valence-corrected chi connectivity index (χ2v) is 6.69. The number of hydrogen-bond acceptors (Lipinski definition) is 5. The summed E-state index contributed by atoms with van der Waals surface area (Å²) in [5.74, 6) is -2.21. The van der Waals surface area contributed by atoms with Gasteiger partial charge in [0.25, 0.3) is 0 Å². The molecule has 6 heteroatoms. The number of phenolic OH excluding ortho intramolecular Hbond substituents is 1. The van der Waals surface area contributed by atoms with Crippen LogP contribution in [0.4, 0.5) is 4.39 Å². The summed E-state index contributed by atoms with van der Waals surface area (Å²) < 4.78 is 19.4. The maximum Gasteiger partial charge on any atom is 0.312 e. The van der Waals surface area contributed by atoms with E-state index >= 15 is 0 Å². The Balaban J connectivity index is 1.90. The maximum absolute atomic E-state index is 14.7. The van der Waals surface area contributed by atoms with Gasteiger partial charge in [0.2, 0.25) is 0 Å². The van der Waals surface area contributed by atoms with E-state index in [1.165, 1.54) is 43.5 Å². The number of esters is 1. The Morgan fingerprint density at radius 3 is 2.50 bits per heavy atom. The van der Waals surface area contributed by atoms with Gasteiger partial charge in [-0.05, 0) is 60.0 Å². The number of nitrogens with zero attached hydrogens (tertiary/aromatic N) is 1. The van der Waals surface area contributed by atoms with Crippen LogP contribution < -0.4 is 0 Å². The van der Waals surface area contributed by atoms with Gasteiger partial charge in [0.05, 0.1) is 18.6 Å². The van der Waals surface area contributed by atoms with Crippen LogP contribution in [-0.4, -0.2) is 29.0 Å². The van der Waals surface area contributed by atoms with Crippen molar-refractivity contribution in [1.82, 2.24) is 4.98 Å². The monoisotopic (exact) mass is 405 g/mol. The summed E-state index contributed by atoms with van der Waals surface area (Å²) in [6.07, 6.45) is 6.16. The first kappa shape index (κ1) is 20.9. The van der Waals surface area contributed by atoms with Gasteiger partial charge >= 0.3 is 5.97 Å². The molecule has 0 aliphatic rings. The number of aromatic hydroxyl groups is 1. The van der Waals surface area contributed by atoms with E-state index in [1.807, 2.05) is 0 Å². The second-order valence-electron chi connectivity index (χ2n) is 6.69. The quantitative estimate of drug-likeness (QED) is 0.363. The zero-order chi connectivity index (χ0) is 21.7. The molecular weight excluding hydrogens is 385 g/mol. The topological polar surface area (TPSA) is 76.5 Å². The molecule has 1 atom stereocenters. The fraction of sp³-hybridized carbons (Fsp3) is 0.125. The number of pyridine rings is 1. The largest absolute Gasteiger partial charge is 0.507 e. The smallest absolute Gasteiger partial charge is 0.312 e. The first-order valence-corrected chi connectivity index (χ1v) is 9.24. The maximum atomic E-state index is 14.7. The zero-order valence-corrected chi connectivity index (χ0v) is 16.5. The Kier molecular flexibility index (Phi) is 6.37. The Morgan fingerprint density at radius 2 is 1.83 bits per heavy atom. The molecule has 0 aliphatic heterocycles. The van der Waals surface area contributed by atoms with Crippen molar-refractivity contribution in [3.8, 4) is 16.9 Å². The number of aromatic nitrogens is 1. The summed E-state index contributed by atoms with van der Waals surface area (Å²) in [6.45, 7) is 1.63. The Morgan fingerprint density at radius 1 is 1.10 bits per heavy atom. The minimum absolute atomic E-state index is 0.0595. The van der Waals surface area contributed by atoms with E-state index < -0.39 is 23.5 Å². The number of benzene rings is 2. The predicted molar refractivity (Wildman–Crippen MR) is 112 cm³/mol. The summed E-state index contributed by atoms with van der Waals surface area (Å²) in [6, 6.07) is 12.3. The van der Waals surface area contributed by atoms with E-state index in [2.05, 4.69) is 4.98 Å². The van der Waals surface area contributed by atoms with Crippen molar-refractivity contribution in [2.24, 2.45) is 0 Å². The third-order valence-corrected chi connectivity index (χ3v) is 4.75. The molecule has 30 heavy (non-hydrogen) atoms. The van der Waals surface area contributed by atoms with Crippen molar-refractivity contribution in [1.29, 1.82) is 0 Å². The van der Waals surface area contributed by atoms with Crippen LogP contribution in [0, 0.1) is 5.82 Å². The summed E-state index contributed by atoms with van der Waals surface area (Å²) in [7, 11) is 1.28. The normalized spacial score (nSPS) is 12.0. The fourth-order valence-electron chi connectivity index (χ4n) is 2.98. The van der Waals surface area contributed by atoms with Crippen LogP contribution in [0.15, 0.2) is 67.0 Å². The van der Waals surface area contributed by atoms with Gasteiger partial charge in [-0.1, -0.05) is 24.3 Å². The van der Waals surface area contributed by atoms with E-state index in [0.29, 0.717) is 11.1 Å². The standard InChI is InChI=1S/C24H20FNO4/c1-15(24(29)30-2)17-4-6-19(21(25)14-17)18-5-8-23(28)20(13-18)22(27)7-3-16-9-11-26-12-10-16/h3-15,28H,1-2H3/b7-3+. The number of hydrogen-bond donors (Lipinski definition) is 1. The molecular formula is C24H20FNO4.